The molecule has 2 aliphatic carbocycles. The summed E-state index contributed by atoms with van der Waals surface area (Å²) in [4.78, 5) is 21.4. The number of amides is 1. The molecule has 5 rings (SSSR count). The van der Waals surface area contributed by atoms with E-state index >= 15 is 0 Å². The van der Waals surface area contributed by atoms with Crippen molar-refractivity contribution in [1.29, 1.82) is 0 Å². The second-order valence-electron chi connectivity index (χ2n) is 9.11. The topological polar surface area (TPSA) is 51.0 Å². The summed E-state index contributed by atoms with van der Waals surface area (Å²) in [5.41, 5.74) is 0.0606. The Morgan fingerprint density at radius 2 is 1.96 bits per heavy atom. The van der Waals surface area contributed by atoms with Crippen molar-refractivity contribution in [2.75, 3.05) is 4.90 Å². The van der Waals surface area contributed by atoms with Gasteiger partial charge >= 0.3 is 0 Å². The first-order chi connectivity index (χ1) is 13.6. The summed E-state index contributed by atoms with van der Waals surface area (Å²) in [5.74, 6) is 2.57. The van der Waals surface area contributed by atoms with Crippen LogP contribution in [0.2, 0.25) is 0 Å². The lowest BCUT2D eigenvalue weighted by atomic mass is 9.64. The minimum Gasteiger partial charge on any atom is -0.273 e. The Hall–Kier alpha value is -1.69. The standard InChI is InChI=1S/C22H30N4OS/c1-15(2)19-23-21-25(20(27)18-11-8-14-28-18)17-10-5-4-9-16(17)22(26(21)24-19)12-6-3-7-13-22/h8,11,14-17H,3-7,9-10,12-13H2,1-2H3. The van der Waals surface area contributed by atoms with Gasteiger partial charge in [-0.2, -0.15) is 10.1 Å². The van der Waals surface area contributed by atoms with Crippen LogP contribution in [0, 0.1) is 5.92 Å². The highest BCUT2D eigenvalue weighted by atomic mass is 32.1. The summed E-state index contributed by atoms with van der Waals surface area (Å²) in [6, 6.07) is 4.17. The molecule has 3 aliphatic rings. The quantitative estimate of drug-likeness (QED) is 0.686. The van der Waals surface area contributed by atoms with Gasteiger partial charge in [-0.15, -0.1) is 11.3 Å². The smallest absolute Gasteiger partial charge is 0.270 e. The van der Waals surface area contributed by atoms with Gasteiger partial charge in [0.1, 0.15) is 0 Å². The van der Waals surface area contributed by atoms with E-state index in [1.165, 1.54) is 62.7 Å². The fraction of sp³-hybridized carbons (Fsp3) is 0.682. The first kappa shape index (κ1) is 18.3. The van der Waals surface area contributed by atoms with E-state index in [4.69, 9.17) is 10.1 Å². The van der Waals surface area contributed by atoms with Crippen LogP contribution >= 0.6 is 11.3 Å². The molecule has 3 heterocycles. The van der Waals surface area contributed by atoms with Crippen molar-refractivity contribution in [2.24, 2.45) is 5.92 Å². The number of anilines is 1. The maximum atomic E-state index is 13.6. The first-order valence-electron chi connectivity index (χ1n) is 11.0. The third-order valence-electron chi connectivity index (χ3n) is 7.18. The van der Waals surface area contributed by atoms with Gasteiger partial charge in [-0.1, -0.05) is 52.0 Å². The van der Waals surface area contributed by atoms with Crippen molar-refractivity contribution in [3.05, 3.63) is 28.2 Å². The second-order valence-corrected chi connectivity index (χ2v) is 10.1. The summed E-state index contributed by atoms with van der Waals surface area (Å²) in [7, 11) is 0. The maximum absolute atomic E-state index is 13.6. The normalized spacial score (nSPS) is 26.3. The highest BCUT2D eigenvalue weighted by Gasteiger charge is 2.55. The molecule has 2 unspecified atom stereocenters. The molecule has 0 bridgehead atoms. The fourth-order valence-electron chi connectivity index (χ4n) is 5.88. The summed E-state index contributed by atoms with van der Waals surface area (Å²) >= 11 is 1.53. The number of hydrogen-bond donors (Lipinski definition) is 0. The van der Waals surface area contributed by atoms with Gasteiger partial charge in [0.25, 0.3) is 5.91 Å². The second kappa shape index (κ2) is 6.97. The molecule has 6 heteroatoms. The van der Waals surface area contributed by atoms with Crippen LogP contribution in [0.3, 0.4) is 0 Å². The van der Waals surface area contributed by atoms with Crippen molar-refractivity contribution in [2.45, 2.75) is 89.1 Å². The SMILES string of the molecule is CC(C)c1nc2n(n1)C1(CCCCC1)C1CCCCC1N2C(=O)c1cccs1. The molecular formula is C22H30N4OS. The van der Waals surface area contributed by atoms with Crippen molar-refractivity contribution >= 4 is 23.2 Å². The molecule has 2 atom stereocenters. The molecule has 2 aromatic heterocycles. The number of carbonyl (C=O) groups is 1. The minimum absolute atomic E-state index is 0.0606. The van der Waals surface area contributed by atoms with E-state index in [-0.39, 0.29) is 23.4 Å². The van der Waals surface area contributed by atoms with Crippen molar-refractivity contribution in [1.82, 2.24) is 14.8 Å². The van der Waals surface area contributed by atoms with Crippen molar-refractivity contribution in [3.63, 3.8) is 0 Å². The summed E-state index contributed by atoms with van der Waals surface area (Å²) in [6.45, 7) is 4.29. The van der Waals surface area contributed by atoms with Crippen LogP contribution in [0.1, 0.15) is 93.0 Å². The Kier molecular flexibility index (Phi) is 4.57. The molecule has 2 aromatic rings. The highest BCUT2D eigenvalue weighted by molar-refractivity contribution is 7.12. The third kappa shape index (κ3) is 2.67. The number of rotatable bonds is 2. The molecule has 1 amide bonds. The number of aromatic nitrogens is 3. The number of carbonyl (C=O) groups excluding carboxylic acids is 1. The van der Waals surface area contributed by atoms with E-state index < -0.39 is 0 Å². The van der Waals surface area contributed by atoms with Gasteiger partial charge in [-0.3, -0.25) is 9.69 Å². The van der Waals surface area contributed by atoms with Gasteiger partial charge in [-0.25, -0.2) is 4.68 Å². The van der Waals surface area contributed by atoms with Crippen molar-refractivity contribution < 1.29 is 4.79 Å². The van der Waals surface area contributed by atoms with Gasteiger partial charge in [0, 0.05) is 17.9 Å². The molecule has 28 heavy (non-hydrogen) atoms. The fourth-order valence-corrected chi connectivity index (χ4v) is 6.54. The number of fused-ring (bicyclic) bond motifs is 4. The van der Waals surface area contributed by atoms with Crippen LogP contribution in [-0.2, 0) is 5.54 Å². The zero-order valence-electron chi connectivity index (χ0n) is 16.9. The molecule has 150 valence electrons. The first-order valence-corrected chi connectivity index (χ1v) is 11.8. The minimum atomic E-state index is 0.0606. The maximum Gasteiger partial charge on any atom is 0.270 e. The van der Waals surface area contributed by atoms with Gasteiger partial charge < -0.3 is 0 Å². The molecule has 0 saturated heterocycles. The number of nitrogens with zero attached hydrogens (tertiary/aromatic N) is 4. The van der Waals surface area contributed by atoms with Crippen LogP contribution in [-0.4, -0.2) is 26.7 Å². The van der Waals surface area contributed by atoms with E-state index in [1.54, 1.807) is 0 Å². The Bertz CT molecular complexity index is 850. The van der Waals surface area contributed by atoms with Gasteiger partial charge in [0.05, 0.1) is 10.4 Å². The molecule has 5 nitrogen and oxygen atoms in total. The van der Waals surface area contributed by atoms with Crippen LogP contribution in [0.4, 0.5) is 5.95 Å². The number of hydrogen-bond acceptors (Lipinski definition) is 4. The molecule has 0 N–H and O–H groups in total. The summed E-state index contributed by atoms with van der Waals surface area (Å²) in [6.07, 6.45) is 11.0. The Morgan fingerprint density at radius 3 is 2.68 bits per heavy atom. The Balaban J connectivity index is 1.69. The molecule has 1 spiro atoms. The Labute approximate surface area is 171 Å². The molecule has 1 aliphatic heterocycles. The van der Waals surface area contributed by atoms with E-state index in [0.717, 1.165) is 23.1 Å². The molecular weight excluding hydrogens is 368 g/mol. The molecule has 0 aromatic carbocycles. The van der Waals surface area contributed by atoms with Crippen LogP contribution in [0.25, 0.3) is 0 Å². The van der Waals surface area contributed by atoms with Crippen LogP contribution in [0.15, 0.2) is 17.5 Å². The predicted octanol–water partition coefficient (Wildman–Crippen LogP) is 5.34. The van der Waals surface area contributed by atoms with E-state index in [0.29, 0.717) is 5.92 Å². The zero-order valence-corrected chi connectivity index (χ0v) is 17.7. The zero-order chi connectivity index (χ0) is 19.3. The van der Waals surface area contributed by atoms with Crippen LogP contribution < -0.4 is 4.90 Å². The average molecular weight is 399 g/mol. The predicted molar refractivity (Wildman–Crippen MR) is 112 cm³/mol. The Morgan fingerprint density at radius 1 is 1.18 bits per heavy atom. The lowest BCUT2D eigenvalue weighted by molar-refractivity contribution is 0.0311. The van der Waals surface area contributed by atoms with Crippen molar-refractivity contribution in [3.8, 4) is 0 Å². The molecule has 0 radical (unpaired) electrons. The third-order valence-corrected chi connectivity index (χ3v) is 8.04. The van der Waals surface area contributed by atoms with Crippen LogP contribution in [0.5, 0.6) is 0 Å². The molecule has 2 saturated carbocycles. The summed E-state index contributed by atoms with van der Waals surface area (Å²) in [5, 5.41) is 7.04. The van der Waals surface area contributed by atoms with E-state index in [2.05, 4.69) is 18.5 Å². The van der Waals surface area contributed by atoms with Gasteiger partial charge in [0.15, 0.2) is 5.82 Å². The van der Waals surface area contributed by atoms with Gasteiger partial charge in [0.2, 0.25) is 5.95 Å². The summed E-state index contributed by atoms with van der Waals surface area (Å²) < 4.78 is 2.22. The average Bonchev–Trinajstić information content (AvgIpc) is 3.40. The van der Waals surface area contributed by atoms with E-state index in [9.17, 15) is 4.79 Å². The lowest BCUT2D eigenvalue weighted by Gasteiger charge is -2.55. The molecule has 2 fully saturated rings. The monoisotopic (exact) mass is 398 g/mol. The lowest BCUT2D eigenvalue weighted by Crippen LogP contribution is -2.61. The largest absolute Gasteiger partial charge is 0.273 e. The van der Waals surface area contributed by atoms with E-state index in [1.807, 2.05) is 22.4 Å². The number of thiophene rings is 1. The highest BCUT2D eigenvalue weighted by Crippen LogP contribution is 2.53. The van der Waals surface area contributed by atoms with Gasteiger partial charge in [-0.05, 0) is 37.1 Å².